The highest BCUT2D eigenvalue weighted by molar-refractivity contribution is 14.1. The number of aliphatic hydroxyl groups is 1. The van der Waals surface area contributed by atoms with Crippen LogP contribution in [0.1, 0.15) is 12.5 Å². The van der Waals surface area contributed by atoms with E-state index in [1.54, 1.807) is 6.20 Å². The second-order valence-electron chi connectivity index (χ2n) is 3.76. The van der Waals surface area contributed by atoms with Crippen LogP contribution in [-0.4, -0.2) is 21.3 Å². The molecule has 16 heavy (non-hydrogen) atoms. The third kappa shape index (κ3) is 1.99. The molecule has 1 aromatic heterocycles. The molecule has 0 spiro atoms. The fourth-order valence-corrected chi connectivity index (χ4v) is 2.28. The van der Waals surface area contributed by atoms with Crippen molar-refractivity contribution in [3.8, 4) is 0 Å². The van der Waals surface area contributed by atoms with Crippen molar-refractivity contribution < 1.29 is 5.11 Å². The van der Waals surface area contributed by atoms with Crippen LogP contribution < -0.4 is 11.4 Å². The van der Waals surface area contributed by atoms with E-state index in [1.807, 2.05) is 34.7 Å². The molecule has 3 N–H and O–H groups in total. The van der Waals surface area contributed by atoms with Crippen molar-refractivity contribution >= 4 is 28.4 Å². The molecule has 1 aliphatic carbocycles. The van der Waals surface area contributed by atoms with Crippen molar-refractivity contribution in [1.82, 2.24) is 9.55 Å². The summed E-state index contributed by atoms with van der Waals surface area (Å²) in [6.07, 6.45) is 6.38. The van der Waals surface area contributed by atoms with Crippen molar-refractivity contribution in [2.75, 3.05) is 12.3 Å². The van der Waals surface area contributed by atoms with Crippen LogP contribution in [0.4, 0.5) is 5.82 Å². The van der Waals surface area contributed by atoms with E-state index in [0.717, 1.165) is 9.99 Å². The largest absolute Gasteiger partial charge is 0.396 e. The summed E-state index contributed by atoms with van der Waals surface area (Å²) in [6, 6.07) is -0.112. The smallest absolute Gasteiger partial charge is 0.350 e. The molecule has 0 aliphatic heterocycles. The number of aliphatic hydroxyl groups excluding tert-OH is 1. The van der Waals surface area contributed by atoms with Gasteiger partial charge in [-0.15, -0.1) is 0 Å². The molecule has 0 radical (unpaired) electrons. The van der Waals surface area contributed by atoms with Crippen molar-refractivity contribution in [3.63, 3.8) is 0 Å². The maximum absolute atomic E-state index is 11.7. The van der Waals surface area contributed by atoms with Crippen LogP contribution in [0.5, 0.6) is 0 Å². The van der Waals surface area contributed by atoms with Gasteiger partial charge in [0.2, 0.25) is 0 Å². The van der Waals surface area contributed by atoms with Gasteiger partial charge in [0.15, 0.2) is 0 Å². The van der Waals surface area contributed by atoms with Gasteiger partial charge in [0.25, 0.3) is 0 Å². The molecule has 0 aromatic carbocycles. The molecule has 0 saturated carbocycles. The van der Waals surface area contributed by atoms with E-state index < -0.39 is 0 Å². The Hall–Kier alpha value is -0.890. The lowest BCUT2D eigenvalue weighted by molar-refractivity contribution is 0.202. The fraction of sp³-hybridized carbons (Fsp3) is 0.400. The summed E-state index contributed by atoms with van der Waals surface area (Å²) in [5, 5.41) is 9.21. The van der Waals surface area contributed by atoms with E-state index in [4.69, 9.17) is 5.73 Å². The minimum Gasteiger partial charge on any atom is -0.396 e. The Morgan fingerprint density at radius 1 is 1.69 bits per heavy atom. The molecule has 1 heterocycles. The molecule has 0 bridgehead atoms. The van der Waals surface area contributed by atoms with Gasteiger partial charge in [-0.2, -0.15) is 4.98 Å². The van der Waals surface area contributed by atoms with Gasteiger partial charge in [-0.3, -0.25) is 4.57 Å². The topological polar surface area (TPSA) is 81.1 Å². The van der Waals surface area contributed by atoms with Crippen LogP contribution in [0, 0.1) is 9.49 Å². The van der Waals surface area contributed by atoms with Crippen molar-refractivity contribution in [2.45, 2.75) is 12.5 Å². The number of nitrogen functional groups attached to an aromatic ring is 1. The highest BCUT2D eigenvalue weighted by Crippen LogP contribution is 2.28. The second kappa shape index (κ2) is 4.54. The Morgan fingerprint density at radius 3 is 3.12 bits per heavy atom. The molecule has 86 valence electrons. The maximum atomic E-state index is 11.7. The quantitative estimate of drug-likeness (QED) is 0.611. The van der Waals surface area contributed by atoms with E-state index in [1.165, 1.54) is 4.57 Å². The summed E-state index contributed by atoms with van der Waals surface area (Å²) in [4.78, 5) is 15.4. The fourth-order valence-electron chi connectivity index (χ4n) is 1.86. The van der Waals surface area contributed by atoms with E-state index >= 15 is 0 Å². The van der Waals surface area contributed by atoms with Gasteiger partial charge in [-0.25, -0.2) is 4.79 Å². The molecular formula is C10H12IN3O2. The first-order chi connectivity index (χ1) is 7.63. The van der Waals surface area contributed by atoms with Gasteiger partial charge in [-0.1, -0.05) is 12.2 Å². The van der Waals surface area contributed by atoms with Crippen molar-refractivity contribution in [2.24, 2.45) is 5.92 Å². The number of hydrogen-bond donors (Lipinski definition) is 2. The number of nitrogens with zero attached hydrogens (tertiary/aromatic N) is 2. The molecule has 0 amide bonds. The van der Waals surface area contributed by atoms with Crippen LogP contribution in [0.15, 0.2) is 23.1 Å². The number of hydrogen-bond acceptors (Lipinski definition) is 4. The predicted octanol–water partition coefficient (Wildman–Crippen LogP) is 0.540. The Balaban J connectivity index is 2.44. The lowest BCUT2D eigenvalue weighted by Crippen LogP contribution is -2.30. The molecule has 0 saturated heterocycles. The van der Waals surface area contributed by atoms with Crippen LogP contribution in [0.3, 0.4) is 0 Å². The maximum Gasteiger partial charge on any atom is 0.350 e. The number of halogens is 1. The predicted molar refractivity (Wildman–Crippen MR) is 69.0 cm³/mol. The third-order valence-electron chi connectivity index (χ3n) is 2.74. The average molecular weight is 333 g/mol. The Kier molecular flexibility index (Phi) is 3.29. The summed E-state index contributed by atoms with van der Waals surface area (Å²) in [7, 11) is 0. The molecule has 2 atom stereocenters. The first-order valence-electron chi connectivity index (χ1n) is 4.95. The van der Waals surface area contributed by atoms with Gasteiger partial charge in [0.05, 0.1) is 9.61 Å². The molecule has 1 aromatic rings. The van der Waals surface area contributed by atoms with Crippen molar-refractivity contribution in [1.29, 1.82) is 0 Å². The lowest BCUT2D eigenvalue weighted by Gasteiger charge is -2.19. The van der Waals surface area contributed by atoms with Gasteiger partial charge in [0, 0.05) is 18.7 Å². The summed E-state index contributed by atoms with van der Waals surface area (Å²) in [5.74, 6) is 0.309. The van der Waals surface area contributed by atoms with E-state index in [0.29, 0.717) is 0 Å². The van der Waals surface area contributed by atoms with E-state index in [9.17, 15) is 9.90 Å². The van der Waals surface area contributed by atoms with Crippen LogP contribution in [-0.2, 0) is 0 Å². The number of nitrogens with two attached hydrogens (primary N) is 1. The minimum absolute atomic E-state index is 0.0546. The SMILES string of the molecule is Nc1nc(=O)n([C@H]2C=CC[C@H]2CO)cc1I. The highest BCUT2D eigenvalue weighted by atomic mass is 127. The minimum atomic E-state index is -0.368. The molecule has 0 unspecified atom stereocenters. The molecule has 6 heteroatoms. The Labute approximate surface area is 106 Å². The normalized spacial score (nSPS) is 23.9. The Bertz CT molecular complexity index is 483. The van der Waals surface area contributed by atoms with Crippen LogP contribution >= 0.6 is 22.6 Å². The number of rotatable bonds is 2. The average Bonchev–Trinajstić information content (AvgIpc) is 2.71. The highest BCUT2D eigenvalue weighted by Gasteiger charge is 2.25. The molecule has 1 aliphatic rings. The molecular weight excluding hydrogens is 321 g/mol. The Morgan fingerprint density at radius 2 is 2.44 bits per heavy atom. The number of allylic oxidation sites excluding steroid dienone is 2. The standard InChI is InChI=1S/C10H12IN3O2/c11-7-4-14(10(16)13-9(7)12)8-3-1-2-6(8)5-15/h1,3-4,6,8,15H,2,5H2,(H2,12,13,16)/t6-,8-/m0/s1. The van der Waals surface area contributed by atoms with Crippen molar-refractivity contribution in [3.05, 3.63) is 32.4 Å². The summed E-state index contributed by atoms with van der Waals surface area (Å²) < 4.78 is 2.27. The van der Waals surface area contributed by atoms with E-state index in [2.05, 4.69) is 4.98 Å². The number of aromatic nitrogens is 2. The zero-order chi connectivity index (χ0) is 11.7. The first-order valence-corrected chi connectivity index (χ1v) is 6.03. The zero-order valence-electron chi connectivity index (χ0n) is 8.51. The van der Waals surface area contributed by atoms with Crippen LogP contribution in [0.2, 0.25) is 0 Å². The summed E-state index contributed by atoms with van der Waals surface area (Å²) in [6.45, 7) is 0.0606. The molecule has 0 fully saturated rings. The van der Waals surface area contributed by atoms with E-state index in [-0.39, 0.29) is 30.1 Å². The summed E-state index contributed by atoms with van der Waals surface area (Å²) in [5.41, 5.74) is 5.19. The first kappa shape index (κ1) is 11.6. The van der Waals surface area contributed by atoms with Gasteiger partial charge >= 0.3 is 5.69 Å². The van der Waals surface area contributed by atoms with Gasteiger partial charge in [0.1, 0.15) is 5.82 Å². The van der Waals surface area contributed by atoms with Gasteiger partial charge < -0.3 is 10.8 Å². The third-order valence-corrected chi connectivity index (χ3v) is 3.58. The lowest BCUT2D eigenvalue weighted by atomic mass is 10.0. The van der Waals surface area contributed by atoms with Gasteiger partial charge in [-0.05, 0) is 29.0 Å². The summed E-state index contributed by atoms with van der Waals surface area (Å²) >= 11 is 2.04. The monoisotopic (exact) mass is 333 g/mol. The van der Waals surface area contributed by atoms with Crippen LogP contribution in [0.25, 0.3) is 0 Å². The molecule has 2 rings (SSSR count). The number of anilines is 1. The zero-order valence-corrected chi connectivity index (χ0v) is 10.7. The molecule has 5 nitrogen and oxygen atoms in total. The second-order valence-corrected chi connectivity index (χ2v) is 4.92.